The van der Waals surface area contributed by atoms with Gasteiger partial charge in [0.25, 0.3) is 0 Å². The largest absolute Gasteiger partial charge is 0.508 e. The van der Waals surface area contributed by atoms with Gasteiger partial charge in [-0.3, -0.25) is 4.98 Å². The second-order valence-corrected chi connectivity index (χ2v) is 5.06. The Bertz CT molecular complexity index is 572. The predicted octanol–water partition coefficient (Wildman–Crippen LogP) is 2.27. The average molecular weight is 270 g/mol. The van der Waals surface area contributed by atoms with Crippen molar-refractivity contribution in [3.63, 3.8) is 0 Å². The number of nitrogens with one attached hydrogen (secondary N) is 1. The number of pyridine rings is 1. The lowest BCUT2D eigenvalue weighted by atomic mass is 10.0. The topological polar surface area (TPSA) is 54.4 Å². The third-order valence-electron chi connectivity index (χ3n) is 3.53. The van der Waals surface area contributed by atoms with E-state index in [1.54, 1.807) is 24.5 Å². The van der Waals surface area contributed by atoms with Crippen molar-refractivity contribution >= 4 is 0 Å². The number of hydrogen-bond acceptors (Lipinski definition) is 4. The Morgan fingerprint density at radius 2 is 2.10 bits per heavy atom. The highest BCUT2D eigenvalue weighted by molar-refractivity contribution is 5.41. The zero-order valence-corrected chi connectivity index (χ0v) is 11.2. The summed E-state index contributed by atoms with van der Waals surface area (Å²) < 4.78 is 5.92. The van der Waals surface area contributed by atoms with Crippen LogP contribution in [-0.2, 0) is 13.0 Å². The molecule has 104 valence electrons. The SMILES string of the molecule is Oc1ccc2c(c1)O[C@H](CNCc1ccncc1)CC2. The van der Waals surface area contributed by atoms with Gasteiger partial charge in [-0.2, -0.15) is 0 Å². The van der Waals surface area contributed by atoms with Crippen LogP contribution in [0.5, 0.6) is 11.5 Å². The molecule has 0 amide bonds. The summed E-state index contributed by atoms with van der Waals surface area (Å²) in [5, 5.41) is 12.9. The molecule has 1 aromatic carbocycles. The maximum atomic E-state index is 9.50. The summed E-state index contributed by atoms with van der Waals surface area (Å²) in [6.45, 7) is 1.62. The Labute approximate surface area is 118 Å². The van der Waals surface area contributed by atoms with E-state index in [0.717, 1.165) is 31.7 Å². The maximum Gasteiger partial charge on any atom is 0.126 e. The summed E-state index contributed by atoms with van der Waals surface area (Å²) in [7, 11) is 0. The second kappa shape index (κ2) is 5.92. The summed E-state index contributed by atoms with van der Waals surface area (Å²) in [4.78, 5) is 4.00. The summed E-state index contributed by atoms with van der Waals surface area (Å²) in [5.41, 5.74) is 2.39. The zero-order chi connectivity index (χ0) is 13.8. The smallest absolute Gasteiger partial charge is 0.126 e. The van der Waals surface area contributed by atoms with E-state index in [4.69, 9.17) is 4.74 Å². The highest BCUT2D eigenvalue weighted by atomic mass is 16.5. The van der Waals surface area contributed by atoms with Crippen LogP contribution in [0, 0.1) is 0 Å². The Hall–Kier alpha value is -2.07. The van der Waals surface area contributed by atoms with Crippen molar-refractivity contribution in [3.8, 4) is 11.5 Å². The highest BCUT2D eigenvalue weighted by Gasteiger charge is 2.19. The molecule has 2 heterocycles. The van der Waals surface area contributed by atoms with Gasteiger partial charge in [-0.1, -0.05) is 6.07 Å². The van der Waals surface area contributed by atoms with Gasteiger partial charge in [-0.05, 0) is 42.2 Å². The number of benzene rings is 1. The van der Waals surface area contributed by atoms with E-state index in [1.165, 1.54) is 11.1 Å². The maximum absolute atomic E-state index is 9.50. The van der Waals surface area contributed by atoms with E-state index in [1.807, 2.05) is 18.2 Å². The first-order chi connectivity index (χ1) is 9.81. The first-order valence-electron chi connectivity index (χ1n) is 6.89. The monoisotopic (exact) mass is 270 g/mol. The van der Waals surface area contributed by atoms with Gasteiger partial charge in [0.15, 0.2) is 0 Å². The molecule has 4 nitrogen and oxygen atoms in total. The normalized spacial score (nSPS) is 17.3. The predicted molar refractivity (Wildman–Crippen MR) is 76.8 cm³/mol. The molecule has 0 radical (unpaired) electrons. The van der Waals surface area contributed by atoms with E-state index >= 15 is 0 Å². The molecule has 20 heavy (non-hydrogen) atoms. The number of phenols is 1. The molecule has 0 bridgehead atoms. The van der Waals surface area contributed by atoms with Crippen LogP contribution in [0.3, 0.4) is 0 Å². The molecule has 3 rings (SSSR count). The summed E-state index contributed by atoms with van der Waals surface area (Å²) >= 11 is 0. The molecule has 1 aliphatic heterocycles. The molecule has 0 spiro atoms. The summed E-state index contributed by atoms with van der Waals surface area (Å²) in [5.74, 6) is 1.07. The molecular formula is C16H18N2O2. The van der Waals surface area contributed by atoms with Crippen molar-refractivity contribution in [1.29, 1.82) is 0 Å². The van der Waals surface area contributed by atoms with Gasteiger partial charge < -0.3 is 15.2 Å². The Morgan fingerprint density at radius 3 is 2.95 bits per heavy atom. The van der Waals surface area contributed by atoms with E-state index in [2.05, 4.69) is 10.3 Å². The number of aromatic nitrogens is 1. The number of fused-ring (bicyclic) bond motifs is 1. The molecule has 1 atom stereocenters. The average Bonchev–Trinajstić information content (AvgIpc) is 2.48. The fourth-order valence-corrected chi connectivity index (χ4v) is 2.44. The van der Waals surface area contributed by atoms with Crippen molar-refractivity contribution in [2.24, 2.45) is 0 Å². The van der Waals surface area contributed by atoms with Crippen LogP contribution in [0.4, 0.5) is 0 Å². The fraction of sp³-hybridized carbons (Fsp3) is 0.312. The number of rotatable bonds is 4. The summed E-state index contributed by atoms with van der Waals surface area (Å²) in [6.07, 6.45) is 5.75. The Balaban J connectivity index is 1.53. The molecule has 0 saturated carbocycles. The standard InChI is InChI=1S/C16H18N2O2/c19-14-3-1-13-2-4-15(20-16(13)9-14)11-18-10-12-5-7-17-8-6-12/h1,3,5-9,15,18-19H,2,4,10-11H2/t15-/m0/s1. The minimum atomic E-state index is 0.158. The van der Waals surface area contributed by atoms with Crippen molar-refractivity contribution in [2.75, 3.05) is 6.54 Å². The molecule has 0 fully saturated rings. The number of aryl methyl sites for hydroxylation is 1. The minimum absolute atomic E-state index is 0.158. The van der Waals surface area contributed by atoms with Crippen LogP contribution >= 0.6 is 0 Å². The van der Waals surface area contributed by atoms with E-state index in [-0.39, 0.29) is 11.9 Å². The lowest BCUT2D eigenvalue weighted by Gasteiger charge is -2.26. The van der Waals surface area contributed by atoms with Gasteiger partial charge in [0.05, 0.1) is 0 Å². The van der Waals surface area contributed by atoms with E-state index in [9.17, 15) is 5.11 Å². The Morgan fingerprint density at radius 1 is 1.25 bits per heavy atom. The third kappa shape index (κ3) is 3.08. The lowest BCUT2D eigenvalue weighted by Crippen LogP contribution is -2.33. The molecule has 0 aliphatic carbocycles. The third-order valence-corrected chi connectivity index (χ3v) is 3.53. The quantitative estimate of drug-likeness (QED) is 0.895. The lowest BCUT2D eigenvalue weighted by molar-refractivity contribution is 0.169. The van der Waals surface area contributed by atoms with Crippen LogP contribution < -0.4 is 10.1 Å². The molecule has 0 unspecified atom stereocenters. The fourth-order valence-electron chi connectivity index (χ4n) is 2.44. The zero-order valence-electron chi connectivity index (χ0n) is 11.2. The van der Waals surface area contributed by atoms with Crippen molar-refractivity contribution in [2.45, 2.75) is 25.5 Å². The molecule has 1 aliphatic rings. The van der Waals surface area contributed by atoms with Crippen molar-refractivity contribution in [1.82, 2.24) is 10.3 Å². The molecular weight excluding hydrogens is 252 g/mol. The van der Waals surface area contributed by atoms with Crippen LogP contribution in [-0.4, -0.2) is 22.7 Å². The Kier molecular flexibility index (Phi) is 3.83. The molecule has 2 aromatic rings. The number of phenolic OH excluding ortho intramolecular Hbond substituents is 1. The first kappa shape index (κ1) is 12.9. The van der Waals surface area contributed by atoms with Crippen LogP contribution in [0.1, 0.15) is 17.5 Å². The molecule has 0 saturated heterocycles. The molecule has 2 N–H and O–H groups in total. The second-order valence-electron chi connectivity index (χ2n) is 5.06. The summed E-state index contributed by atoms with van der Waals surface area (Å²) in [6, 6.07) is 9.35. The number of aromatic hydroxyl groups is 1. The van der Waals surface area contributed by atoms with Crippen molar-refractivity contribution < 1.29 is 9.84 Å². The van der Waals surface area contributed by atoms with Gasteiger partial charge in [0.1, 0.15) is 17.6 Å². The molecule has 1 aromatic heterocycles. The molecule has 4 heteroatoms. The van der Waals surface area contributed by atoms with Gasteiger partial charge in [0.2, 0.25) is 0 Å². The van der Waals surface area contributed by atoms with Gasteiger partial charge in [-0.15, -0.1) is 0 Å². The van der Waals surface area contributed by atoms with Gasteiger partial charge >= 0.3 is 0 Å². The highest BCUT2D eigenvalue weighted by Crippen LogP contribution is 2.30. The van der Waals surface area contributed by atoms with Crippen molar-refractivity contribution in [3.05, 3.63) is 53.9 Å². The van der Waals surface area contributed by atoms with Crippen LogP contribution in [0.25, 0.3) is 0 Å². The van der Waals surface area contributed by atoms with E-state index in [0.29, 0.717) is 0 Å². The van der Waals surface area contributed by atoms with E-state index < -0.39 is 0 Å². The van der Waals surface area contributed by atoms with Gasteiger partial charge in [-0.25, -0.2) is 0 Å². The number of ether oxygens (including phenoxy) is 1. The first-order valence-corrected chi connectivity index (χ1v) is 6.89. The van der Waals surface area contributed by atoms with Crippen LogP contribution in [0.15, 0.2) is 42.7 Å². The van der Waals surface area contributed by atoms with Crippen LogP contribution in [0.2, 0.25) is 0 Å². The minimum Gasteiger partial charge on any atom is -0.508 e. The number of nitrogens with zero attached hydrogens (tertiary/aromatic N) is 1. The van der Waals surface area contributed by atoms with Gasteiger partial charge in [0, 0.05) is 31.5 Å². The number of hydrogen-bond donors (Lipinski definition) is 2.